The Kier molecular flexibility index (Phi) is 7.09. The molecule has 168 valence electrons. The highest BCUT2D eigenvalue weighted by Crippen LogP contribution is 2.31. The highest BCUT2D eigenvalue weighted by Gasteiger charge is 2.21. The maximum absolute atomic E-state index is 13.8. The van der Waals surface area contributed by atoms with Crippen molar-refractivity contribution in [1.82, 2.24) is 0 Å². The van der Waals surface area contributed by atoms with Gasteiger partial charge >= 0.3 is 0 Å². The van der Waals surface area contributed by atoms with Crippen molar-refractivity contribution >= 4 is 27.3 Å². The van der Waals surface area contributed by atoms with Gasteiger partial charge in [0.2, 0.25) is 10.0 Å². The van der Waals surface area contributed by atoms with Crippen molar-refractivity contribution < 1.29 is 26.7 Å². The van der Waals surface area contributed by atoms with Crippen molar-refractivity contribution in [3.8, 4) is 5.75 Å². The topological polar surface area (TPSA) is 75.7 Å². The van der Waals surface area contributed by atoms with E-state index in [9.17, 15) is 22.0 Å². The van der Waals surface area contributed by atoms with Crippen LogP contribution in [0.5, 0.6) is 5.75 Å². The van der Waals surface area contributed by atoms with Crippen molar-refractivity contribution in [2.75, 3.05) is 22.5 Å². The van der Waals surface area contributed by atoms with Crippen LogP contribution in [0.1, 0.15) is 22.8 Å². The monoisotopic (exact) mass is 460 g/mol. The van der Waals surface area contributed by atoms with Crippen LogP contribution in [0, 0.1) is 11.6 Å². The molecule has 0 unspecified atom stereocenters. The second-order valence-corrected chi connectivity index (χ2v) is 8.85. The number of benzene rings is 3. The quantitative estimate of drug-likeness (QED) is 0.534. The highest BCUT2D eigenvalue weighted by atomic mass is 32.2. The minimum Gasteiger partial charge on any atom is -0.492 e. The van der Waals surface area contributed by atoms with E-state index in [2.05, 4.69) is 5.32 Å². The second kappa shape index (κ2) is 9.78. The molecule has 0 fully saturated rings. The van der Waals surface area contributed by atoms with Gasteiger partial charge in [-0.25, -0.2) is 17.2 Å². The van der Waals surface area contributed by atoms with E-state index in [4.69, 9.17) is 4.74 Å². The lowest BCUT2D eigenvalue weighted by Crippen LogP contribution is -2.29. The molecule has 6 nitrogen and oxygen atoms in total. The molecule has 0 radical (unpaired) electrons. The van der Waals surface area contributed by atoms with Gasteiger partial charge in [-0.1, -0.05) is 24.3 Å². The third-order valence-electron chi connectivity index (χ3n) is 4.56. The molecule has 1 N–H and O–H groups in total. The van der Waals surface area contributed by atoms with Gasteiger partial charge < -0.3 is 10.1 Å². The lowest BCUT2D eigenvalue weighted by atomic mass is 10.1. The molecule has 0 aliphatic rings. The number of halogens is 2. The van der Waals surface area contributed by atoms with Crippen LogP contribution in [-0.4, -0.2) is 27.2 Å². The number of carbonyl (C=O) groups excluding carboxylic acids is 1. The molecule has 0 atom stereocenters. The fraction of sp³-hybridized carbons (Fsp3) is 0.174. The number of ether oxygens (including phenoxy) is 1. The van der Waals surface area contributed by atoms with Gasteiger partial charge in [-0.3, -0.25) is 9.10 Å². The molecule has 32 heavy (non-hydrogen) atoms. The normalized spacial score (nSPS) is 11.1. The Hall–Kier alpha value is -3.46. The summed E-state index contributed by atoms with van der Waals surface area (Å²) in [5.41, 5.74) is 1.13. The number of hydrogen-bond donors (Lipinski definition) is 1. The maximum atomic E-state index is 13.8. The zero-order valence-corrected chi connectivity index (χ0v) is 18.3. The molecule has 0 spiro atoms. The average molecular weight is 461 g/mol. The Morgan fingerprint density at radius 1 is 1.03 bits per heavy atom. The summed E-state index contributed by atoms with van der Waals surface area (Å²) < 4.78 is 58.5. The minimum atomic E-state index is -3.63. The Bertz CT molecular complexity index is 1210. The molecule has 0 bridgehead atoms. The van der Waals surface area contributed by atoms with Gasteiger partial charge in [-0.05, 0) is 48.9 Å². The SMILES string of the molecule is CCOc1ccccc1N(Cc1ccc(C(=O)Nc2ccc(F)cc2F)cc1)S(C)(=O)=O. The molecular weight excluding hydrogens is 438 g/mol. The summed E-state index contributed by atoms with van der Waals surface area (Å²) in [5.74, 6) is -1.76. The van der Waals surface area contributed by atoms with Gasteiger partial charge in [0.05, 0.1) is 30.8 Å². The summed E-state index contributed by atoms with van der Waals surface area (Å²) in [6.45, 7) is 2.22. The largest absolute Gasteiger partial charge is 0.492 e. The van der Waals surface area contributed by atoms with Crippen molar-refractivity contribution in [3.63, 3.8) is 0 Å². The Morgan fingerprint density at radius 2 is 1.72 bits per heavy atom. The molecule has 0 saturated carbocycles. The van der Waals surface area contributed by atoms with E-state index in [-0.39, 0.29) is 17.8 Å². The average Bonchev–Trinajstić information content (AvgIpc) is 2.74. The Labute approximate surface area is 185 Å². The molecule has 9 heteroatoms. The van der Waals surface area contributed by atoms with Crippen LogP contribution >= 0.6 is 0 Å². The maximum Gasteiger partial charge on any atom is 0.255 e. The number of carbonyl (C=O) groups is 1. The first-order valence-corrected chi connectivity index (χ1v) is 11.6. The first-order chi connectivity index (χ1) is 15.2. The molecule has 0 aromatic heterocycles. The smallest absolute Gasteiger partial charge is 0.255 e. The zero-order chi connectivity index (χ0) is 23.3. The van der Waals surface area contributed by atoms with Crippen molar-refractivity contribution in [1.29, 1.82) is 0 Å². The fourth-order valence-corrected chi connectivity index (χ4v) is 3.93. The summed E-state index contributed by atoms with van der Waals surface area (Å²) in [6, 6.07) is 15.9. The molecule has 3 aromatic carbocycles. The predicted molar refractivity (Wildman–Crippen MR) is 119 cm³/mol. The fourth-order valence-electron chi connectivity index (χ4n) is 3.03. The van der Waals surface area contributed by atoms with Gasteiger partial charge in [0.25, 0.3) is 5.91 Å². The Morgan fingerprint density at radius 3 is 2.34 bits per heavy atom. The molecular formula is C23H22F2N2O4S. The summed E-state index contributed by atoms with van der Waals surface area (Å²) in [7, 11) is -3.63. The Balaban J connectivity index is 1.80. The predicted octanol–water partition coefficient (Wildman–Crippen LogP) is 4.58. The van der Waals surface area contributed by atoms with E-state index >= 15 is 0 Å². The lowest BCUT2D eigenvalue weighted by Gasteiger charge is -2.24. The third kappa shape index (κ3) is 5.61. The summed E-state index contributed by atoms with van der Waals surface area (Å²) in [5, 5.41) is 2.38. The van der Waals surface area contributed by atoms with E-state index < -0.39 is 27.6 Å². The second-order valence-electron chi connectivity index (χ2n) is 6.95. The first-order valence-electron chi connectivity index (χ1n) is 9.74. The van der Waals surface area contributed by atoms with E-state index in [0.717, 1.165) is 18.4 Å². The molecule has 0 aliphatic carbocycles. The van der Waals surface area contributed by atoms with Gasteiger partial charge in [0.1, 0.15) is 17.4 Å². The molecule has 0 aliphatic heterocycles. The van der Waals surface area contributed by atoms with E-state index in [1.54, 1.807) is 36.4 Å². The van der Waals surface area contributed by atoms with Crippen molar-refractivity contribution in [2.45, 2.75) is 13.5 Å². The van der Waals surface area contributed by atoms with E-state index in [0.29, 0.717) is 29.7 Å². The molecule has 0 heterocycles. The van der Waals surface area contributed by atoms with Gasteiger partial charge in [-0.2, -0.15) is 0 Å². The van der Waals surface area contributed by atoms with Crippen molar-refractivity contribution in [2.24, 2.45) is 0 Å². The summed E-state index contributed by atoms with van der Waals surface area (Å²) in [6.07, 6.45) is 1.11. The molecule has 3 rings (SSSR count). The van der Waals surface area contributed by atoms with Crippen LogP contribution < -0.4 is 14.4 Å². The standard InChI is InChI=1S/C23H22F2N2O4S/c1-3-31-22-7-5-4-6-21(22)27(32(2,29)30)15-16-8-10-17(11-9-16)23(28)26-20-13-12-18(24)14-19(20)25/h4-14H,3,15H2,1-2H3,(H,26,28). The van der Waals surface area contributed by atoms with Crippen LogP contribution in [0.2, 0.25) is 0 Å². The molecule has 0 saturated heterocycles. The number of rotatable bonds is 8. The number of nitrogens with one attached hydrogen (secondary N) is 1. The molecule has 1 amide bonds. The van der Waals surface area contributed by atoms with Gasteiger partial charge in [0.15, 0.2) is 0 Å². The van der Waals surface area contributed by atoms with Gasteiger partial charge in [-0.15, -0.1) is 0 Å². The molecule has 3 aromatic rings. The number of amides is 1. The number of nitrogens with zero attached hydrogens (tertiary/aromatic N) is 1. The van der Waals surface area contributed by atoms with E-state index in [1.807, 2.05) is 6.92 Å². The number of para-hydroxylation sites is 2. The van der Waals surface area contributed by atoms with Crippen LogP contribution in [0.3, 0.4) is 0 Å². The summed E-state index contributed by atoms with van der Waals surface area (Å²) >= 11 is 0. The van der Waals surface area contributed by atoms with E-state index in [1.165, 1.54) is 16.4 Å². The number of hydrogen-bond acceptors (Lipinski definition) is 4. The zero-order valence-electron chi connectivity index (χ0n) is 17.5. The first kappa shape index (κ1) is 23.2. The van der Waals surface area contributed by atoms with Crippen LogP contribution in [0.25, 0.3) is 0 Å². The third-order valence-corrected chi connectivity index (χ3v) is 5.68. The lowest BCUT2D eigenvalue weighted by molar-refractivity contribution is 0.102. The van der Waals surface area contributed by atoms with Crippen molar-refractivity contribution in [3.05, 3.63) is 89.5 Å². The highest BCUT2D eigenvalue weighted by molar-refractivity contribution is 7.92. The van der Waals surface area contributed by atoms with Crippen LogP contribution in [-0.2, 0) is 16.6 Å². The van der Waals surface area contributed by atoms with Crippen LogP contribution in [0.15, 0.2) is 66.7 Å². The minimum absolute atomic E-state index is 0.0252. The van der Waals surface area contributed by atoms with Crippen LogP contribution in [0.4, 0.5) is 20.2 Å². The number of sulfonamides is 1. The van der Waals surface area contributed by atoms with Gasteiger partial charge in [0, 0.05) is 11.6 Å². The summed E-state index contributed by atoms with van der Waals surface area (Å²) in [4.78, 5) is 12.4. The number of anilines is 2.